The van der Waals surface area contributed by atoms with E-state index in [1.165, 1.54) is 38.9 Å². The third-order valence-corrected chi connectivity index (χ3v) is 5.53. The first-order chi connectivity index (χ1) is 11.2. The largest absolute Gasteiger partial charge is 0.221 e. The van der Waals surface area contributed by atoms with Crippen LogP contribution in [0.25, 0.3) is 22.0 Å². The maximum Gasteiger partial charge on any atom is 0.221 e. The van der Waals surface area contributed by atoms with E-state index >= 15 is 0 Å². The average Bonchev–Trinajstić information content (AvgIpc) is 2.53. The molecular weight excluding hydrogens is 278 g/mol. The van der Waals surface area contributed by atoms with Gasteiger partial charge in [0.25, 0.3) is 0 Å². The molecule has 1 nitrogen and oxygen atoms in total. The van der Waals surface area contributed by atoms with E-state index in [4.69, 9.17) is 1.37 Å². The normalized spacial score (nSPS) is 15.5. The number of hydrogen-bond donors (Lipinski definition) is 0. The van der Waals surface area contributed by atoms with E-state index in [9.17, 15) is 0 Å². The molecular formula is C22H24N+. The van der Waals surface area contributed by atoms with Gasteiger partial charge in [0, 0.05) is 18.4 Å². The van der Waals surface area contributed by atoms with Crippen molar-refractivity contribution in [3.8, 4) is 11.3 Å². The minimum absolute atomic E-state index is 0.0622. The summed E-state index contributed by atoms with van der Waals surface area (Å²) in [6, 6.07) is 11.8. The van der Waals surface area contributed by atoms with E-state index in [1.54, 1.807) is 0 Å². The van der Waals surface area contributed by atoms with Crippen LogP contribution < -0.4 is 4.57 Å². The second kappa shape index (κ2) is 4.44. The fourth-order valence-corrected chi connectivity index (χ4v) is 4.19. The van der Waals surface area contributed by atoms with Gasteiger partial charge in [-0.15, -0.1) is 0 Å². The van der Waals surface area contributed by atoms with Crippen molar-refractivity contribution in [2.45, 2.75) is 40.0 Å². The Morgan fingerprint density at radius 2 is 1.78 bits per heavy atom. The van der Waals surface area contributed by atoms with E-state index in [0.29, 0.717) is 6.04 Å². The van der Waals surface area contributed by atoms with Gasteiger partial charge in [0.15, 0.2) is 5.69 Å². The molecule has 0 fully saturated rings. The lowest BCUT2D eigenvalue weighted by atomic mass is 9.68. The highest BCUT2D eigenvalue weighted by Crippen LogP contribution is 2.48. The predicted octanol–water partition coefficient (Wildman–Crippen LogP) is 4.90. The monoisotopic (exact) mass is 303 g/mol. The Labute approximate surface area is 140 Å². The molecule has 0 atom stereocenters. The lowest BCUT2D eigenvalue weighted by Crippen LogP contribution is -2.38. The van der Waals surface area contributed by atoms with Gasteiger partial charge in [-0.25, -0.2) is 0 Å². The smallest absolute Gasteiger partial charge is 0.198 e. The molecule has 1 heteroatoms. The average molecular weight is 303 g/mol. The fraction of sp³-hybridized carbons (Fsp3) is 0.318. The van der Waals surface area contributed by atoms with Gasteiger partial charge in [-0.05, 0) is 35.9 Å². The molecule has 0 spiro atoms. The van der Waals surface area contributed by atoms with Crippen molar-refractivity contribution in [3.05, 3.63) is 64.3 Å². The molecule has 0 bridgehead atoms. The first-order valence-electron chi connectivity index (χ1n) is 8.79. The summed E-state index contributed by atoms with van der Waals surface area (Å²) in [6.45, 7) is 11.0. The van der Waals surface area contributed by atoms with Crippen LogP contribution in [-0.2, 0) is 12.5 Å². The van der Waals surface area contributed by atoms with Gasteiger partial charge < -0.3 is 0 Å². The lowest BCUT2D eigenvalue weighted by molar-refractivity contribution is -0.665. The third-order valence-electron chi connectivity index (χ3n) is 5.53. The van der Waals surface area contributed by atoms with E-state index in [-0.39, 0.29) is 5.41 Å². The van der Waals surface area contributed by atoms with Crippen molar-refractivity contribution in [2.24, 2.45) is 7.05 Å². The molecule has 1 aliphatic carbocycles. The number of benzene rings is 2. The quantitative estimate of drug-likeness (QED) is 0.520. The molecule has 0 radical (unpaired) electrons. The molecule has 2 aromatic carbocycles. The van der Waals surface area contributed by atoms with E-state index in [2.05, 4.69) is 76.6 Å². The van der Waals surface area contributed by atoms with Gasteiger partial charge >= 0.3 is 0 Å². The Balaban J connectivity index is 2.38. The molecule has 0 saturated carbocycles. The maximum absolute atomic E-state index is 8.66. The van der Waals surface area contributed by atoms with Gasteiger partial charge in [-0.1, -0.05) is 49.7 Å². The Morgan fingerprint density at radius 3 is 2.52 bits per heavy atom. The van der Waals surface area contributed by atoms with Crippen molar-refractivity contribution in [2.75, 3.05) is 0 Å². The number of nitrogens with zero attached hydrogens (tertiary/aromatic N) is 1. The summed E-state index contributed by atoms with van der Waals surface area (Å²) in [5.41, 5.74) is 8.82. The van der Waals surface area contributed by atoms with Gasteiger partial charge in [-0.2, -0.15) is 4.57 Å². The van der Waals surface area contributed by atoms with Crippen LogP contribution in [0.4, 0.5) is 0 Å². The second-order valence-electron chi connectivity index (χ2n) is 7.48. The Hall–Kier alpha value is -2.15. The number of pyridine rings is 1. The second-order valence-corrected chi connectivity index (χ2v) is 7.48. The highest BCUT2D eigenvalue weighted by atomic mass is 14.9. The predicted molar refractivity (Wildman–Crippen MR) is 96.9 cm³/mol. The van der Waals surface area contributed by atoms with Gasteiger partial charge in [0.2, 0.25) is 5.69 Å². The molecule has 1 aromatic heterocycles. The summed E-state index contributed by atoms with van der Waals surface area (Å²) < 4.78 is 10.9. The third kappa shape index (κ3) is 1.77. The van der Waals surface area contributed by atoms with Crippen molar-refractivity contribution < 1.29 is 5.94 Å². The van der Waals surface area contributed by atoms with Crippen molar-refractivity contribution >= 4 is 10.8 Å². The molecule has 23 heavy (non-hydrogen) atoms. The minimum atomic E-state index is -0.0622. The Kier molecular flexibility index (Phi) is 2.57. The molecule has 116 valence electrons. The summed E-state index contributed by atoms with van der Waals surface area (Å²) >= 11 is 0. The number of hydrogen-bond acceptors (Lipinski definition) is 0. The lowest BCUT2D eigenvalue weighted by Gasteiger charge is -2.34. The molecule has 1 aliphatic rings. The highest BCUT2D eigenvalue weighted by molar-refractivity contribution is 6.01. The maximum atomic E-state index is 8.66. The van der Waals surface area contributed by atoms with Crippen LogP contribution in [0.3, 0.4) is 0 Å². The van der Waals surface area contributed by atoms with Crippen molar-refractivity contribution in [3.63, 3.8) is 0 Å². The van der Waals surface area contributed by atoms with Gasteiger partial charge in [-0.3, -0.25) is 0 Å². The standard InChI is InChI=1S/C22H24N/c1-13-10-16-12-15(3)23(6)21-19-14(2)8-7-9-17(19)22(4,5)18(11-13)20(16)21/h7-12H,1-6H3/q+1/i12D. The summed E-state index contributed by atoms with van der Waals surface area (Å²) in [6.07, 6.45) is 0. The zero-order valence-electron chi connectivity index (χ0n) is 15.8. The first-order valence-corrected chi connectivity index (χ1v) is 8.29. The van der Waals surface area contributed by atoms with E-state index in [1.807, 2.05) is 0 Å². The molecule has 0 aliphatic heterocycles. The Morgan fingerprint density at radius 1 is 1.04 bits per heavy atom. The molecule has 1 heterocycles. The van der Waals surface area contributed by atoms with Gasteiger partial charge in [0.1, 0.15) is 7.05 Å². The SMILES string of the molecule is [2H]c1c(C)[n+](C)c2c3c(cc(C)cc13)C(C)(C)c1cccc(C)c1-2. The van der Waals surface area contributed by atoms with E-state index in [0.717, 1.165) is 11.1 Å². The first kappa shape index (κ1) is 13.3. The molecule has 0 N–H and O–H groups in total. The van der Waals surface area contributed by atoms with Crippen LogP contribution in [0.15, 0.2) is 36.4 Å². The fourth-order valence-electron chi connectivity index (χ4n) is 4.19. The molecule has 0 amide bonds. The van der Waals surface area contributed by atoms with Crippen LogP contribution in [0, 0.1) is 20.8 Å². The summed E-state index contributed by atoms with van der Waals surface area (Å²) in [5.74, 6) is 0. The molecule has 0 unspecified atom stereocenters. The summed E-state index contributed by atoms with van der Waals surface area (Å²) in [7, 11) is 2.10. The van der Waals surface area contributed by atoms with Crippen LogP contribution in [-0.4, -0.2) is 0 Å². The number of aromatic nitrogens is 1. The molecule has 3 aromatic rings. The molecule has 0 saturated heterocycles. The topological polar surface area (TPSA) is 3.88 Å². The number of aryl methyl sites for hydroxylation is 2. The zero-order chi connectivity index (χ0) is 17.4. The van der Waals surface area contributed by atoms with Crippen LogP contribution in [0.5, 0.6) is 0 Å². The summed E-state index contributed by atoms with van der Waals surface area (Å²) in [4.78, 5) is 0. The molecule has 4 rings (SSSR count). The number of fused-ring (bicyclic) bond motifs is 2. The van der Waals surface area contributed by atoms with Crippen LogP contribution in [0.2, 0.25) is 0 Å². The van der Waals surface area contributed by atoms with Crippen LogP contribution in [0.1, 0.15) is 43.2 Å². The van der Waals surface area contributed by atoms with Crippen molar-refractivity contribution in [1.29, 1.82) is 0 Å². The van der Waals surface area contributed by atoms with E-state index < -0.39 is 0 Å². The Bertz CT molecular complexity index is 1030. The van der Waals surface area contributed by atoms with Crippen LogP contribution >= 0.6 is 0 Å². The van der Waals surface area contributed by atoms with Gasteiger partial charge in [0.05, 0.1) is 12.3 Å². The number of rotatable bonds is 0. The highest BCUT2D eigenvalue weighted by Gasteiger charge is 2.38. The van der Waals surface area contributed by atoms with Crippen molar-refractivity contribution in [1.82, 2.24) is 0 Å². The summed E-state index contributed by atoms with van der Waals surface area (Å²) in [5, 5.41) is 2.34. The minimum Gasteiger partial charge on any atom is -0.198 e. The zero-order valence-corrected chi connectivity index (χ0v) is 14.8.